The van der Waals surface area contributed by atoms with Gasteiger partial charge in [0.1, 0.15) is 5.75 Å². The molecular formula is C15H12ClNO2S. The van der Waals surface area contributed by atoms with E-state index in [0.29, 0.717) is 15.8 Å². The zero-order chi connectivity index (χ0) is 14.1. The Hall–Kier alpha value is -1.78. The standard InChI is InChI=1S/C15H12ClNO2S/c1-19-11-2-3-12-10(8-11)6-7-17(12)9-13(18)14-4-5-15(16)20-14/h2-8H,9H2,1H3. The van der Waals surface area contributed by atoms with E-state index in [0.717, 1.165) is 16.7 Å². The SMILES string of the molecule is COc1ccc2c(ccn2CC(=O)c2ccc(Cl)s2)c1. The molecule has 0 saturated heterocycles. The lowest BCUT2D eigenvalue weighted by molar-refractivity contribution is 0.0977. The number of ketones is 1. The van der Waals surface area contributed by atoms with Crippen molar-refractivity contribution in [2.45, 2.75) is 6.54 Å². The second kappa shape index (κ2) is 5.31. The smallest absolute Gasteiger partial charge is 0.192 e. The first-order valence-corrected chi connectivity index (χ1v) is 7.28. The minimum Gasteiger partial charge on any atom is -0.497 e. The molecule has 3 rings (SSSR count). The number of ether oxygens (including phenoxy) is 1. The summed E-state index contributed by atoms with van der Waals surface area (Å²) < 4.78 is 7.77. The van der Waals surface area contributed by atoms with Crippen molar-refractivity contribution in [3.8, 4) is 5.75 Å². The average molecular weight is 306 g/mol. The molecule has 0 saturated carbocycles. The molecule has 5 heteroatoms. The highest BCUT2D eigenvalue weighted by Gasteiger charge is 2.11. The van der Waals surface area contributed by atoms with Crippen LogP contribution < -0.4 is 4.74 Å². The van der Waals surface area contributed by atoms with Crippen LogP contribution in [0.25, 0.3) is 10.9 Å². The molecular weight excluding hydrogens is 294 g/mol. The van der Waals surface area contributed by atoms with E-state index in [4.69, 9.17) is 16.3 Å². The number of fused-ring (bicyclic) bond motifs is 1. The van der Waals surface area contributed by atoms with Crippen molar-refractivity contribution < 1.29 is 9.53 Å². The molecule has 0 aliphatic heterocycles. The van der Waals surface area contributed by atoms with Gasteiger partial charge in [-0.2, -0.15) is 0 Å². The van der Waals surface area contributed by atoms with Gasteiger partial charge in [0.15, 0.2) is 5.78 Å². The maximum Gasteiger partial charge on any atom is 0.192 e. The first-order valence-electron chi connectivity index (χ1n) is 6.09. The van der Waals surface area contributed by atoms with E-state index in [-0.39, 0.29) is 5.78 Å². The zero-order valence-electron chi connectivity index (χ0n) is 10.8. The highest BCUT2D eigenvalue weighted by atomic mass is 35.5. The van der Waals surface area contributed by atoms with Crippen LogP contribution in [0.3, 0.4) is 0 Å². The Labute approximate surface area is 125 Å². The van der Waals surface area contributed by atoms with Crippen LogP contribution in [0.4, 0.5) is 0 Å². The number of nitrogens with zero attached hydrogens (tertiary/aromatic N) is 1. The molecule has 0 bridgehead atoms. The predicted octanol–water partition coefficient (Wildman–Crippen LogP) is 4.25. The number of carbonyl (C=O) groups is 1. The van der Waals surface area contributed by atoms with Crippen LogP contribution in [0, 0.1) is 0 Å². The van der Waals surface area contributed by atoms with Crippen LogP contribution in [0.2, 0.25) is 4.34 Å². The Balaban J connectivity index is 1.89. The molecule has 1 aromatic carbocycles. The van der Waals surface area contributed by atoms with Crippen molar-refractivity contribution in [3.63, 3.8) is 0 Å². The molecule has 0 unspecified atom stereocenters. The van der Waals surface area contributed by atoms with E-state index < -0.39 is 0 Å². The highest BCUT2D eigenvalue weighted by molar-refractivity contribution is 7.18. The zero-order valence-corrected chi connectivity index (χ0v) is 12.4. The number of hydrogen-bond acceptors (Lipinski definition) is 3. The topological polar surface area (TPSA) is 31.2 Å². The number of hydrogen-bond donors (Lipinski definition) is 0. The molecule has 0 aliphatic rings. The first kappa shape index (κ1) is 13.2. The Morgan fingerprint density at radius 1 is 1.30 bits per heavy atom. The molecule has 2 aromatic heterocycles. The second-order valence-corrected chi connectivity index (χ2v) is 6.11. The van der Waals surface area contributed by atoms with Crippen molar-refractivity contribution in [2.24, 2.45) is 0 Å². The number of Topliss-reactive ketones (excluding diaryl/α,β-unsaturated/α-hetero) is 1. The molecule has 0 amide bonds. The van der Waals surface area contributed by atoms with Gasteiger partial charge < -0.3 is 9.30 Å². The van der Waals surface area contributed by atoms with Crippen molar-refractivity contribution >= 4 is 39.6 Å². The molecule has 2 heterocycles. The van der Waals surface area contributed by atoms with E-state index in [1.54, 1.807) is 19.2 Å². The molecule has 102 valence electrons. The summed E-state index contributed by atoms with van der Waals surface area (Å²) in [6.07, 6.45) is 1.91. The van der Waals surface area contributed by atoms with Gasteiger partial charge in [0.05, 0.1) is 22.9 Å². The average Bonchev–Trinajstić information content (AvgIpc) is 3.05. The van der Waals surface area contributed by atoms with Gasteiger partial charge in [-0.1, -0.05) is 11.6 Å². The molecule has 0 N–H and O–H groups in total. The Morgan fingerprint density at radius 2 is 2.15 bits per heavy atom. The van der Waals surface area contributed by atoms with Crippen molar-refractivity contribution in [2.75, 3.05) is 7.11 Å². The third kappa shape index (κ3) is 2.44. The van der Waals surface area contributed by atoms with Crippen molar-refractivity contribution in [1.29, 1.82) is 0 Å². The van der Waals surface area contributed by atoms with Crippen LogP contribution in [0.1, 0.15) is 9.67 Å². The number of carbonyl (C=O) groups excluding carboxylic acids is 1. The number of aromatic nitrogens is 1. The van der Waals surface area contributed by atoms with Gasteiger partial charge in [-0.15, -0.1) is 11.3 Å². The van der Waals surface area contributed by atoms with Gasteiger partial charge in [-0.3, -0.25) is 4.79 Å². The monoisotopic (exact) mass is 305 g/mol. The minimum atomic E-state index is 0.0650. The predicted molar refractivity (Wildman–Crippen MR) is 82.1 cm³/mol. The third-order valence-corrected chi connectivity index (χ3v) is 4.41. The molecule has 0 fully saturated rings. The van der Waals surface area contributed by atoms with Gasteiger partial charge in [-0.25, -0.2) is 0 Å². The quantitative estimate of drug-likeness (QED) is 0.675. The lowest BCUT2D eigenvalue weighted by atomic mass is 10.2. The minimum absolute atomic E-state index is 0.0650. The lowest BCUT2D eigenvalue weighted by Gasteiger charge is -2.04. The number of rotatable bonds is 4. The lowest BCUT2D eigenvalue weighted by Crippen LogP contribution is -2.07. The summed E-state index contributed by atoms with van der Waals surface area (Å²) in [5.41, 5.74) is 1.02. The van der Waals surface area contributed by atoms with Gasteiger partial charge in [0.25, 0.3) is 0 Å². The number of methoxy groups -OCH3 is 1. The fraction of sp³-hybridized carbons (Fsp3) is 0.133. The van der Waals surface area contributed by atoms with E-state index in [2.05, 4.69) is 0 Å². The fourth-order valence-corrected chi connectivity index (χ4v) is 3.11. The Kier molecular flexibility index (Phi) is 3.51. The van der Waals surface area contributed by atoms with E-state index in [1.807, 2.05) is 35.0 Å². The van der Waals surface area contributed by atoms with E-state index >= 15 is 0 Å². The van der Waals surface area contributed by atoms with Gasteiger partial charge in [0.2, 0.25) is 0 Å². The number of thiophene rings is 1. The summed E-state index contributed by atoms with van der Waals surface area (Å²) in [5, 5.41) is 1.06. The molecule has 0 atom stereocenters. The molecule has 3 nitrogen and oxygen atoms in total. The van der Waals surface area contributed by atoms with Crippen molar-refractivity contribution in [1.82, 2.24) is 4.57 Å². The van der Waals surface area contributed by atoms with Crippen LogP contribution in [0.5, 0.6) is 5.75 Å². The molecule has 0 radical (unpaired) electrons. The molecule has 0 spiro atoms. The summed E-state index contributed by atoms with van der Waals surface area (Å²) in [6, 6.07) is 11.3. The van der Waals surface area contributed by atoms with Gasteiger partial charge in [-0.05, 0) is 36.4 Å². The third-order valence-electron chi connectivity index (χ3n) is 3.14. The summed E-state index contributed by atoms with van der Waals surface area (Å²) in [5.74, 6) is 0.877. The first-order chi connectivity index (χ1) is 9.67. The molecule has 20 heavy (non-hydrogen) atoms. The van der Waals surface area contributed by atoms with Crippen LogP contribution >= 0.6 is 22.9 Å². The summed E-state index contributed by atoms with van der Waals surface area (Å²) in [7, 11) is 1.64. The van der Waals surface area contributed by atoms with E-state index in [1.165, 1.54) is 11.3 Å². The van der Waals surface area contributed by atoms with Crippen molar-refractivity contribution in [3.05, 3.63) is 51.8 Å². The summed E-state index contributed by atoms with van der Waals surface area (Å²) in [4.78, 5) is 12.9. The van der Waals surface area contributed by atoms with E-state index in [9.17, 15) is 4.79 Å². The Bertz CT molecular complexity index is 775. The maximum atomic E-state index is 12.2. The molecule has 0 aliphatic carbocycles. The number of halogens is 1. The largest absolute Gasteiger partial charge is 0.497 e. The normalized spacial score (nSPS) is 10.9. The molecule has 3 aromatic rings. The maximum absolute atomic E-state index is 12.2. The van der Waals surface area contributed by atoms with Gasteiger partial charge in [0, 0.05) is 17.1 Å². The van der Waals surface area contributed by atoms with Crippen LogP contribution in [-0.2, 0) is 6.54 Å². The van der Waals surface area contributed by atoms with Crippen LogP contribution in [0.15, 0.2) is 42.6 Å². The Morgan fingerprint density at radius 3 is 2.85 bits per heavy atom. The summed E-state index contributed by atoms with van der Waals surface area (Å²) in [6.45, 7) is 0.312. The summed E-state index contributed by atoms with van der Waals surface area (Å²) >= 11 is 7.17. The van der Waals surface area contributed by atoms with Gasteiger partial charge >= 0.3 is 0 Å². The number of benzene rings is 1. The van der Waals surface area contributed by atoms with Crippen LogP contribution in [-0.4, -0.2) is 17.5 Å². The highest BCUT2D eigenvalue weighted by Crippen LogP contribution is 2.24. The fourth-order valence-electron chi connectivity index (χ4n) is 2.14. The second-order valence-electron chi connectivity index (χ2n) is 4.40.